The smallest absolute Gasteiger partial charge is 0.213 e. The number of morpholine rings is 1. The van der Waals surface area contributed by atoms with Crippen LogP contribution in [0.3, 0.4) is 0 Å². The molecule has 1 aromatic rings. The van der Waals surface area contributed by atoms with Crippen LogP contribution in [0.4, 0.5) is 0 Å². The topological polar surface area (TPSA) is 60.2 Å². The van der Waals surface area contributed by atoms with Crippen molar-refractivity contribution < 1.29 is 9.26 Å². The maximum Gasteiger partial charge on any atom is 0.213 e. The molecule has 11 heavy (non-hydrogen) atoms. The predicted molar refractivity (Wildman–Crippen MR) is 35.9 cm³/mol. The number of hydrogen-bond acceptors (Lipinski definition) is 5. The Balaban J connectivity index is 2.04. The lowest BCUT2D eigenvalue weighted by Gasteiger charge is -2.20. The zero-order valence-electron chi connectivity index (χ0n) is 5.99. The van der Waals surface area contributed by atoms with Gasteiger partial charge in [0.1, 0.15) is 6.10 Å². The predicted octanol–water partition coefficient (Wildman–Crippen LogP) is -0.270. The normalized spacial score (nSPS) is 25.3. The van der Waals surface area contributed by atoms with Gasteiger partial charge in [0.15, 0.2) is 0 Å². The summed E-state index contributed by atoms with van der Waals surface area (Å²) >= 11 is 0. The molecule has 0 bridgehead atoms. The van der Waals surface area contributed by atoms with Gasteiger partial charge in [0.25, 0.3) is 0 Å². The third kappa shape index (κ3) is 1.38. The lowest BCUT2D eigenvalue weighted by Crippen LogP contribution is -2.33. The van der Waals surface area contributed by atoms with Crippen molar-refractivity contribution in [3.05, 3.63) is 12.2 Å². The molecule has 5 nitrogen and oxygen atoms in total. The van der Waals surface area contributed by atoms with Crippen LogP contribution in [0.5, 0.6) is 0 Å². The van der Waals surface area contributed by atoms with Crippen LogP contribution in [0.25, 0.3) is 0 Å². The summed E-state index contributed by atoms with van der Waals surface area (Å²) in [5, 5.41) is 6.87. The Bertz CT molecular complexity index is 206. The third-order valence-corrected chi connectivity index (χ3v) is 1.59. The molecule has 0 unspecified atom stereocenters. The molecule has 0 spiro atoms. The molecule has 1 N–H and O–H groups in total. The van der Waals surface area contributed by atoms with Gasteiger partial charge >= 0.3 is 0 Å². The van der Waals surface area contributed by atoms with Crippen molar-refractivity contribution in [2.24, 2.45) is 0 Å². The summed E-state index contributed by atoms with van der Waals surface area (Å²) in [6.07, 6.45) is 1.27. The highest BCUT2D eigenvalue weighted by Crippen LogP contribution is 2.12. The Labute approximate surface area is 63.7 Å². The summed E-state index contributed by atoms with van der Waals surface area (Å²) in [7, 11) is 0. The second-order valence-electron chi connectivity index (χ2n) is 2.35. The van der Waals surface area contributed by atoms with E-state index in [1.54, 1.807) is 0 Å². The van der Waals surface area contributed by atoms with Crippen LogP contribution in [-0.2, 0) is 4.74 Å². The Morgan fingerprint density at radius 2 is 2.64 bits per heavy atom. The van der Waals surface area contributed by atoms with Crippen LogP contribution in [-0.4, -0.2) is 29.8 Å². The highest BCUT2D eigenvalue weighted by atomic mass is 16.5. The Morgan fingerprint density at radius 1 is 1.64 bits per heavy atom. The molecule has 0 aliphatic carbocycles. The highest BCUT2D eigenvalue weighted by molar-refractivity contribution is 4.88. The fraction of sp³-hybridized carbons (Fsp3) is 0.667. The molecule has 1 aliphatic rings. The maximum absolute atomic E-state index is 5.37. The van der Waals surface area contributed by atoms with E-state index in [1.807, 2.05) is 0 Å². The van der Waals surface area contributed by atoms with Crippen molar-refractivity contribution >= 4 is 0 Å². The van der Waals surface area contributed by atoms with E-state index in [2.05, 4.69) is 20.0 Å². The molecule has 2 rings (SSSR count). The van der Waals surface area contributed by atoms with Crippen molar-refractivity contribution in [3.8, 4) is 0 Å². The van der Waals surface area contributed by atoms with Gasteiger partial charge in [0, 0.05) is 13.1 Å². The zero-order valence-corrected chi connectivity index (χ0v) is 5.99. The number of hydrogen-bond donors (Lipinski definition) is 1. The maximum atomic E-state index is 5.37. The van der Waals surface area contributed by atoms with E-state index in [-0.39, 0.29) is 6.10 Å². The van der Waals surface area contributed by atoms with Crippen LogP contribution in [0.2, 0.25) is 0 Å². The molecule has 0 saturated carbocycles. The van der Waals surface area contributed by atoms with Crippen LogP contribution >= 0.6 is 0 Å². The molecule has 0 aromatic carbocycles. The number of aromatic nitrogens is 2. The van der Waals surface area contributed by atoms with E-state index < -0.39 is 0 Å². The van der Waals surface area contributed by atoms with Crippen LogP contribution in [0.15, 0.2) is 10.9 Å². The first kappa shape index (κ1) is 6.75. The fourth-order valence-electron chi connectivity index (χ4n) is 1.05. The second-order valence-corrected chi connectivity index (χ2v) is 2.35. The van der Waals surface area contributed by atoms with Gasteiger partial charge < -0.3 is 14.6 Å². The van der Waals surface area contributed by atoms with Crippen molar-refractivity contribution in [1.82, 2.24) is 15.5 Å². The van der Waals surface area contributed by atoms with Crippen molar-refractivity contribution in [3.63, 3.8) is 0 Å². The number of nitrogens with zero attached hydrogens (tertiary/aromatic N) is 2. The van der Waals surface area contributed by atoms with Crippen molar-refractivity contribution in [2.45, 2.75) is 6.10 Å². The molecule has 0 radical (unpaired) electrons. The number of nitrogens with one attached hydrogen (secondary N) is 1. The first-order valence-corrected chi connectivity index (χ1v) is 3.55. The van der Waals surface area contributed by atoms with E-state index in [0.29, 0.717) is 12.4 Å². The molecule has 1 fully saturated rings. The lowest BCUT2D eigenvalue weighted by atomic mass is 10.3. The summed E-state index contributed by atoms with van der Waals surface area (Å²) in [5.74, 6) is 0.622. The van der Waals surface area contributed by atoms with E-state index in [1.165, 1.54) is 6.39 Å². The molecule has 1 saturated heterocycles. The summed E-state index contributed by atoms with van der Waals surface area (Å²) in [5.41, 5.74) is 0. The SMILES string of the molecule is c1nc([C@@H]2CNCCO2)no1. The summed E-state index contributed by atoms with van der Waals surface area (Å²) in [6, 6.07) is 0. The average molecular weight is 155 g/mol. The average Bonchev–Trinajstić information content (AvgIpc) is 2.58. The number of rotatable bonds is 1. The summed E-state index contributed by atoms with van der Waals surface area (Å²) < 4.78 is 9.97. The highest BCUT2D eigenvalue weighted by Gasteiger charge is 2.18. The minimum absolute atomic E-state index is 0.0394. The number of ether oxygens (including phenoxy) is 1. The molecule has 1 atom stereocenters. The van der Waals surface area contributed by atoms with Gasteiger partial charge in [-0.3, -0.25) is 0 Å². The fourth-order valence-corrected chi connectivity index (χ4v) is 1.05. The van der Waals surface area contributed by atoms with Gasteiger partial charge in [-0.2, -0.15) is 4.98 Å². The third-order valence-electron chi connectivity index (χ3n) is 1.59. The van der Waals surface area contributed by atoms with E-state index in [4.69, 9.17) is 4.74 Å². The van der Waals surface area contributed by atoms with Gasteiger partial charge in [-0.1, -0.05) is 5.16 Å². The van der Waals surface area contributed by atoms with E-state index in [9.17, 15) is 0 Å². The Kier molecular flexibility index (Phi) is 1.83. The van der Waals surface area contributed by atoms with Gasteiger partial charge in [-0.15, -0.1) is 0 Å². The van der Waals surface area contributed by atoms with Crippen LogP contribution < -0.4 is 5.32 Å². The van der Waals surface area contributed by atoms with Gasteiger partial charge in [-0.05, 0) is 0 Å². The largest absolute Gasteiger partial charge is 0.367 e. The Morgan fingerprint density at radius 3 is 3.27 bits per heavy atom. The lowest BCUT2D eigenvalue weighted by molar-refractivity contribution is 0.0208. The van der Waals surface area contributed by atoms with Crippen molar-refractivity contribution in [1.29, 1.82) is 0 Å². The molecule has 60 valence electrons. The molecular formula is C6H9N3O2. The van der Waals surface area contributed by atoms with Gasteiger partial charge in [-0.25, -0.2) is 0 Å². The quantitative estimate of drug-likeness (QED) is 0.605. The summed E-state index contributed by atoms with van der Waals surface area (Å²) in [4.78, 5) is 3.90. The van der Waals surface area contributed by atoms with Gasteiger partial charge in [0.2, 0.25) is 12.2 Å². The monoisotopic (exact) mass is 155 g/mol. The molecule has 0 amide bonds. The molecular weight excluding hydrogens is 146 g/mol. The minimum atomic E-state index is -0.0394. The Hall–Kier alpha value is -0.940. The molecule has 2 heterocycles. The molecule has 1 aliphatic heterocycles. The minimum Gasteiger partial charge on any atom is -0.367 e. The first-order valence-electron chi connectivity index (χ1n) is 3.55. The van der Waals surface area contributed by atoms with E-state index in [0.717, 1.165) is 13.1 Å². The van der Waals surface area contributed by atoms with Crippen molar-refractivity contribution in [2.75, 3.05) is 19.7 Å². The first-order chi connectivity index (χ1) is 5.47. The molecule has 1 aromatic heterocycles. The van der Waals surface area contributed by atoms with E-state index >= 15 is 0 Å². The van der Waals surface area contributed by atoms with Gasteiger partial charge in [0.05, 0.1) is 6.61 Å². The summed E-state index contributed by atoms with van der Waals surface area (Å²) in [6.45, 7) is 2.37. The zero-order chi connectivity index (χ0) is 7.52. The molecule has 5 heteroatoms. The standard InChI is InChI=1S/C6H9N3O2/c1-2-10-5(3-7-1)6-8-4-11-9-6/h4-5,7H,1-3H2/t5-/m0/s1. The van der Waals surface area contributed by atoms with Crippen LogP contribution in [0.1, 0.15) is 11.9 Å². The second kappa shape index (κ2) is 2.98. The van der Waals surface area contributed by atoms with Crippen LogP contribution in [0, 0.1) is 0 Å².